The third-order valence-corrected chi connectivity index (χ3v) is 9.28. The van der Waals surface area contributed by atoms with Gasteiger partial charge < -0.3 is 9.47 Å². The SMILES string of the molecule is CC(Oc1csc2ccccc12)(Oc1csc2ccccc12)N(CC(=O)c1ccc(Cl)c([N+](=O)[O-])c1)Cc1ccccc1. The fourth-order valence-corrected chi connectivity index (χ4v) is 6.77. The van der Waals surface area contributed by atoms with Gasteiger partial charge in [-0.1, -0.05) is 66.2 Å². The number of hydrogen-bond acceptors (Lipinski definition) is 8. The molecular formula is C33H25ClN2O5S2. The largest absolute Gasteiger partial charge is 0.438 e. The molecule has 0 bridgehead atoms. The topological polar surface area (TPSA) is 81.9 Å². The molecule has 0 aliphatic rings. The molecule has 7 nitrogen and oxygen atoms in total. The Balaban J connectivity index is 1.44. The second-order valence-corrected chi connectivity index (χ2v) is 12.2. The van der Waals surface area contributed by atoms with Crippen LogP contribution in [0, 0.1) is 10.1 Å². The number of halogens is 1. The van der Waals surface area contributed by atoms with Crippen molar-refractivity contribution in [2.24, 2.45) is 0 Å². The van der Waals surface area contributed by atoms with Crippen LogP contribution in [0.25, 0.3) is 20.2 Å². The molecule has 4 aromatic carbocycles. The lowest BCUT2D eigenvalue weighted by Gasteiger charge is -2.40. The molecule has 0 atom stereocenters. The summed E-state index contributed by atoms with van der Waals surface area (Å²) in [5.41, 5.74) is 0.770. The van der Waals surface area contributed by atoms with E-state index in [0.717, 1.165) is 25.7 Å². The number of carbonyl (C=O) groups excluding carboxylic acids is 1. The van der Waals surface area contributed by atoms with Gasteiger partial charge in [-0.15, -0.1) is 22.7 Å². The molecule has 2 aromatic heterocycles. The van der Waals surface area contributed by atoms with Gasteiger partial charge in [-0.3, -0.25) is 14.9 Å². The molecule has 0 unspecified atom stereocenters. The molecule has 0 spiro atoms. The van der Waals surface area contributed by atoms with Crippen molar-refractivity contribution in [3.8, 4) is 11.5 Å². The van der Waals surface area contributed by atoms with Crippen molar-refractivity contribution in [2.45, 2.75) is 19.4 Å². The molecule has 0 amide bonds. The Kier molecular flexibility index (Phi) is 8.14. The summed E-state index contributed by atoms with van der Waals surface area (Å²) in [7, 11) is 0. The molecule has 43 heavy (non-hydrogen) atoms. The van der Waals surface area contributed by atoms with Gasteiger partial charge in [0.25, 0.3) is 5.69 Å². The van der Waals surface area contributed by atoms with E-state index in [-0.39, 0.29) is 28.6 Å². The zero-order valence-electron chi connectivity index (χ0n) is 22.9. The Hall–Kier alpha value is -4.28. The molecule has 6 aromatic rings. The molecule has 0 aliphatic carbocycles. The van der Waals surface area contributed by atoms with Crippen LogP contribution >= 0.6 is 34.3 Å². The minimum Gasteiger partial charge on any atom is -0.438 e. The van der Waals surface area contributed by atoms with Crippen LogP contribution in [0.2, 0.25) is 5.02 Å². The first-order valence-corrected chi connectivity index (χ1v) is 15.5. The average molecular weight is 629 g/mol. The molecule has 0 saturated carbocycles. The van der Waals surface area contributed by atoms with Crippen molar-refractivity contribution in [1.82, 2.24) is 4.90 Å². The number of benzene rings is 4. The Morgan fingerprint density at radius 3 is 2.00 bits per heavy atom. The van der Waals surface area contributed by atoms with Gasteiger partial charge >= 0.3 is 5.91 Å². The van der Waals surface area contributed by atoms with Crippen LogP contribution in [0.4, 0.5) is 5.69 Å². The van der Waals surface area contributed by atoms with Gasteiger partial charge in [-0.05, 0) is 42.0 Å². The van der Waals surface area contributed by atoms with E-state index in [1.165, 1.54) is 18.2 Å². The maximum Gasteiger partial charge on any atom is 0.313 e. The summed E-state index contributed by atoms with van der Waals surface area (Å²) in [6.07, 6.45) is 0. The second-order valence-electron chi connectivity index (χ2n) is 9.98. The average Bonchev–Trinajstić information content (AvgIpc) is 3.61. The Morgan fingerprint density at radius 2 is 1.42 bits per heavy atom. The van der Waals surface area contributed by atoms with Crippen LogP contribution in [0.5, 0.6) is 11.5 Å². The molecule has 216 valence electrons. The fraction of sp³-hybridized carbons (Fsp3) is 0.121. The Bertz CT molecular complexity index is 1860. The molecule has 2 heterocycles. The van der Waals surface area contributed by atoms with Gasteiger partial charge in [-0.25, -0.2) is 4.90 Å². The standard InChI is InChI=1S/C33H25ClN2O5S2/c1-33(40-29-20-42-31-13-7-5-11-24(29)31,41-30-21-43-32-14-8-6-12-25(30)32)35(18-22-9-3-2-4-10-22)19-28(37)23-15-16-26(34)27(17-23)36(38)39/h2-17,20-21H,18-19H2,1H3. The Labute approximate surface area is 260 Å². The third-order valence-electron chi connectivity index (χ3n) is 7.08. The number of hydrogen-bond donors (Lipinski definition) is 0. The summed E-state index contributed by atoms with van der Waals surface area (Å²) in [5, 5.41) is 17.2. The van der Waals surface area contributed by atoms with Gasteiger partial charge in [0, 0.05) is 56.0 Å². The van der Waals surface area contributed by atoms with Crippen LogP contribution in [0.1, 0.15) is 22.8 Å². The van der Waals surface area contributed by atoms with E-state index in [1.807, 2.05) is 94.5 Å². The third kappa shape index (κ3) is 6.11. The summed E-state index contributed by atoms with van der Waals surface area (Å²) in [6.45, 7) is 1.93. The molecule has 0 radical (unpaired) electrons. The van der Waals surface area contributed by atoms with Crippen LogP contribution < -0.4 is 9.47 Å². The fourth-order valence-electron chi connectivity index (χ4n) is 4.86. The minimum absolute atomic E-state index is 0.0344. The second kappa shape index (κ2) is 12.1. The first kappa shape index (κ1) is 28.8. The van der Waals surface area contributed by atoms with Crippen molar-refractivity contribution in [1.29, 1.82) is 0 Å². The highest BCUT2D eigenvalue weighted by molar-refractivity contribution is 7.17. The summed E-state index contributed by atoms with van der Waals surface area (Å²) in [4.78, 5) is 26.6. The minimum atomic E-state index is -1.47. The monoisotopic (exact) mass is 628 g/mol. The van der Waals surface area contributed by atoms with E-state index in [2.05, 4.69) is 0 Å². The lowest BCUT2D eigenvalue weighted by molar-refractivity contribution is -0.384. The zero-order valence-corrected chi connectivity index (χ0v) is 25.3. The van der Waals surface area contributed by atoms with Gasteiger partial charge in [0.05, 0.1) is 11.5 Å². The summed E-state index contributed by atoms with van der Waals surface area (Å²) in [5.74, 6) is -0.581. The normalized spacial score (nSPS) is 11.7. The first-order chi connectivity index (χ1) is 20.8. The number of thiophene rings is 2. The van der Waals surface area contributed by atoms with Crippen molar-refractivity contribution in [3.63, 3.8) is 0 Å². The zero-order chi connectivity index (χ0) is 30.0. The quantitative estimate of drug-likeness (QED) is 0.0616. The smallest absolute Gasteiger partial charge is 0.313 e. The summed E-state index contributed by atoms with van der Waals surface area (Å²) in [6, 6.07) is 29.7. The van der Waals surface area contributed by atoms with E-state index in [1.54, 1.807) is 29.6 Å². The van der Waals surface area contributed by atoms with Crippen LogP contribution in [-0.4, -0.2) is 28.1 Å². The van der Waals surface area contributed by atoms with Gasteiger partial charge in [0.2, 0.25) is 0 Å². The number of nitro benzene ring substituents is 1. The number of rotatable bonds is 11. The number of fused-ring (bicyclic) bond motifs is 2. The molecule has 0 aliphatic heterocycles. The van der Waals surface area contributed by atoms with Crippen molar-refractivity contribution in [3.05, 3.63) is 134 Å². The van der Waals surface area contributed by atoms with Crippen molar-refractivity contribution in [2.75, 3.05) is 6.54 Å². The number of carbonyl (C=O) groups is 1. The Morgan fingerprint density at radius 1 is 0.860 bits per heavy atom. The predicted molar refractivity (Wildman–Crippen MR) is 173 cm³/mol. The number of ketones is 1. The highest BCUT2D eigenvalue weighted by Crippen LogP contribution is 2.39. The lowest BCUT2D eigenvalue weighted by atomic mass is 10.1. The van der Waals surface area contributed by atoms with E-state index in [0.29, 0.717) is 18.0 Å². The van der Waals surface area contributed by atoms with Crippen molar-refractivity contribution < 1.29 is 19.2 Å². The van der Waals surface area contributed by atoms with E-state index in [9.17, 15) is 14.9 Å². The number of nitrogens with zero attached hydrogens (tertiary/aromatic N) is 2. The lowest BCUT2D eigenvalue weighted by Crippen LogP contribution is -2.56. The van der Waals surface area contributed by atoms with E-state index in [4.69, 9.17) is 21.1 Å². The first-order valence-electron chi connectivity index (χ1n) is 13.4. The van der Waals surface area contributed by atoms with Gasteiger partial charge in [0.1, 0.15) is 16.5 Å². The van der Waals surface area contributed by atoms with E-state index >= 15 is 0 Å². The molecule has 6 rings (SSSR count). The van der Waals surface area contributed by atoms with Crippen LogP contribution in [0.3, 0.4) is 0 Å². The molecule has 0 saturated heterocycles. The summed E-state index contributed by atoms with van der Waals surface area (Å²) < 4.78 is 15.6. The molecular weight excluding hydrogens is 604 g/mol. The maximum atomic E-state index is 13.8. The van der Waals surface area contributed by atoms with Gasteiger partial charge in [0.15, 0.2) is 5.78 Å². The predicted octanol–water partition coefficient (Wildman–Crippen LogP) is 9.19. The van der Waals surface area contributed by atoms with Crippen LogP contribution in [0.15, 0.2) is 108 Å². The number of nitro groups is 1. The number of Topliss-reactive ketones (excluding diaryl/α,β-unsaturated/α-hetero) is 1. The van der Waals surface area contributed by atoms with Crippen LogP contribution in [-0.2, 0) is 6.54 Å². The van der Waals surface area contributed by atoms with E-state index < -0.39 is 10.8 Å². The van der Waals surface area contributed by atoms with Crippen molar-refractivity contribution >= 4 is 65.9 Å². The molecule has 10 heteroatoms. The number of ether oxygens (including phenoxy) is 2. The highest BCUT2D eigenvalue weighted by atomic mass is 35.5. The molecule has 0 fully saturated rings. The molecule has 0 N–H and O–H groups in total. The summed E-state index contributed by atoms with van der Waals surface area (Å²) >= 11 is 9.15. The highest BCUT2D eigenvalue weighted by Gasteiger charge is 2.40. The van der Waals surface area contributed by atoms with Gasteiger partial charge in [-0.2, -0.15) is 0 Å². The maximum absolute atomic E-state index is 13.8.